The number of hydrogen-bond acceptors (Lipinski definition) is 0. The van der Waals surface area contributed by atoms with E-state index in [4.69, 9.17) is 0 Å². The Hall–Kier alpha value is 0.470. The van der Waals surface area contributed by atoms with E-state index in [1.807, 2.05) is 0 Å². The lowest BCUT2D eigenvalue weighted by atomic mass is 10.1. The fourth-order valence-electron chi connectivity index (χ4n) is 0.732. The number of alkyl halides is 1. The fourth-order valence-corrected chi connectivity index (χ4v) is 1.27. The number of rotatable bonds is 5. The molecular weight excluding hydrogens is 235 g/mol. The van der Waals surface area contributed by atoms with Gasteiger partial charge in [-0.3, -0.25) is 0 Å². The molecular formula is C9H17I. The zero-order valence-electron chi connectivity index (χ0n) is 6.99. The second kappa shape index (κ2) is 7.58. The average molecular weight is 252 g/mol. The van der Waals surface area contributed by atoms with Crippen LogP contribution in [0.3, 0.4) is 0 Å². The summed E-state index contributed by atoms with van der Waals surface area (Å²) >= 11 is 2.43. The Labute approximate surface area is 78.2 Å². The summed E-state index contributed by atoms with van der Waals surface area (Å²) in [6.07, 6.45) is 7.59. The summed E-state index contributed by atoms with van der Waals surface area (Å²) in [6.45, 7) is 4.42. The van der Waals surface area contributed by atoms with Crippen LogP contribution in [0.4, 0.5) is 0 Å². The van der Waals surface area contributed by atoms with Crippen LogP contribution in [0.1, 0.15) is 39.5 Å². The highest BCUT2D eigenvalue weighted by Crippen LogP contribution is 2.04. The van der Waals surface area contributed by atoms with Gasteiger partial charge in [0.15, 0.2) is 0 Å². The smallest absolute Gasteiger partial charge is 0.000462 e. The third-order valence-electron chi connectivity index (χ3n) is 1.64. The summed E-state index contributed by atoms with van der Waals surface area (Å²) in [6, 6.07) is 0. The van der Waals surface area contributed by atoms with E-state index in [0.717, 1.165) is 0 Å². The van der Waals surface area contributed by atoms with Crippen LogP contribution in [-0.2, 0) is 0 Å². The Kier molecular flexibility index (Phi) is 7.93. The maximum Gasteiger partial charge on any atom is -0.000462 e. The van der Waals surface area contributed by atoms with Gasteiger partial charge in [0.2, 0.25) is 0 Å². The quantitative estimate of drug-likeness (QED) is 0.301. The number of allylic oxidation sites excluding steroid dienone is 2. The van der Waals surface area contributed by atoms with Gasteiger partial charge in [0, 0.05) is 0 Å². The van der Waals surface area contributed by atoms with E-state index in [0.29, 0.717) is 0 Å². The monoisotopic (exact) mass is 252 g/mol. The predicted molar refractivity (Wildman–Crippen MR) is 56.8 cm³/mol. The lowest BCUT2D eigenvalue weighted by Crippen LogP contribution is -1.76. The maximum atomic E-state index is 2.43. The molecule has 0 aromatic rings. The topological polar surface area (TPSA) is 0 Å². The van der Waals surface area contributed by atoms with Crippen LogP contribution < -0.4 is 0 Å². The maximum absolute atomic E-state index is 2.43. The Morgan fingerprint density at radius 1 is 1.40 bits per heavy atom. The molecule has 0 unspecified atom stereocenters. The molecule has 0 fully saturated rings. The Morgan fingerprint density at radius 3 is 2.60 bits per heavy atom. The highest BCUT2D eigenvalue weighted by molar-refractivity contribution is 14.1. The summed E-state index contributed by atoms with van der Waals surface area (Å²) in [7, 11) is 0. The lowest BCUT2D eigenvalue weighted by molar-refractivity contribution is 0.822. The Morgan fingerprint density at radius 2 is 2.10 bits per heavy atom. The molecule has 0 aliphatic carbocycles. The molecule has 0 aliphatic heterocycles. The molecule has 0 radical (unpaired) electrons. The van der Waals surface area contributed by atoms with Crippen molar-refractivity contribution in [3.8, 4) is 0 Å². The normalized spacial score (nSPS) is 12.1. The van der Waals surface area contributed by atoms with Crippen LogP contribution >= 0.6 is 22.6 Å². The van der Waals surface area contributed by atoms with Gasteiger partial charge in [-0.2, -0.15) is 0 Å². The zero-order valence-corrected chi connectivity index (χ0v) is 9.15. The van der Waals surface area contributed by atoms with Crippen molar-refractivity contribution in [1.29, 1.82) is 0 Å². The van der Waals surface area contributed by atoms with Gasteiger partial charge in [-0.05, 0) is 37.0 Å². The van der Waals surface area contributed by atoms with Crippen LogP contribution in [0.15, 0.2) is 11.6 Å². The predicted octanol–water partition coefficient (Wildman–Crippen LogP) is 3.95. The number of halogens is 1. The van der Waals surface area contributed by atoms with E-state index in [1.54, 1.807) is 0 Å². The van der Waals surface area contributed by atoms with E-state index in [-0.39, 0.29) is 0 Å². The van der Waals surface area contributed by atoms with E-state index < -0.39 is 0 Å². The third-order valence-corrected chi connectivity index (χ3v) is 2.40. The van der Waals surface area contributed by atoms with E-state index in [2.05, 4.69) is 42.5 Å². The van der Waals surface area contributed by atoms with Crippen molar-refractivity contribution < 1.29 is 0 Å². The van der Waals surface area contributed by atoms with Gasteiger partial charge in [0.25, 0.3) is 0 Å². The van der Waals surface area contributed by atoms with Crippen molar-refractivity contribution in [2.45, 2.75) is 39.5 Å². The van der Waals surface area contributed by atoms with Crippen LogP contribution in [0.2, 0.25) is 0 Å². The Bertz CT molecular complexity index is 94.9. The van der Waals surface area contributed by atoms with Gasteiger partial charge in [-0.15, -0.1) is 0 Å². The summed E-state index contributed by atoms with van der Waals surface area (Å²) in [5.41, 5.74) is 1.54. The van der Waals surface area contributed by atoms with Crippen molar-refractivity contribution in [3.05, 3.63) is 11.6 Å². The first kappa shape index (κ1) is 10.5. The lowest BCUT2D eigenvalue weighted by Gasteiger charge is -1.94. The standard InChI is InChI=1S/C9H17I/c1-3-9(2)7-5-4-6-8-10/h7H,3-6,8H2,1-2H3/b9-7-. The van der Waals surface area contributed by atoms with Crippen molar-refractivity contribution in [3.63, 3.8) is 0 Å². The molecule has 0 aromatic carbocycles. The van der Waals surface area contributed by atoms with Crippen molar-refractivity contribution in [2.24, 2.45) is 0 Å². The molecule has 0 nitrogen and oxygen atoms in total. The summed E-state index contributed by atoms with van der Waals surface area (Å²) in [5, 5.41) is 0. The SMILES string of the molecule is CC/C(C)=C\CCCCI. The minimum absolute atomic E-state index is 1.21. The molecule has 10 heavy (non-hydrogen) atoms. The summed E-state index contributed by atoms with van der Waals surface area (Å²) < 4.78 is 1.30. The second-order valence-electron chi connectivity index (χ2n) is 2.59. The highest BCUT2D eigenvalue weighted by atomic mass is 127. The molecule has 0 bridgehead atoms. The number of hydrogen-bond donors (Lipinski definition) is 0. The highest BCUT2D eigenvalue weighted by Gasteiger charge is 1.84. The molecule has 0 atom stereocenters. The van der Waals surface area contributed by atoms with Crippen LogP contribution in [0, 0.1) is 0 Å². The molecule has 0 aliphatic rings. The van der Waals surface area contributed by atoms with Gasteiger partial charge in [-0.1, -0.05) is 41.2 Å². The largest absolute Gasteiger partial charge is 0.0864 e. The molecule has 0 saturated carbocycles. The van der Waals surface area contributed by atoms with Gasteiger partial charge < -0.3 is 0 Å². The first-order chi connectivity index (χ1) is 4.81. The van der Waals surface area contributed by atoms with E-state index in [1.165, 1.54) is 35.7 Å². The summed E-state index contributed by atoms with van der Waals surface area (Å²) in [5.74, 6) is 0. The fraction of sp³-hybridized carbons (Fsp3) is 0.778. The molecule has 1 heteroatoms. The van der Waals surface area contributed by atoms with Crippen molar-refractivity contribution >= 4 is 22.6 Å². The van der Waals surface area contributed by atoms with Crippen LogP contribution in [0.25, 0.3) is 0 Å². The molecule has 0 spiro atoms. The van der Waals surface area contributed by atoms with Crippen LogP contribution in [0.5, 0.6) is 0 Å². The first-order valence-corrected chi connectivity index (χ1v) is 5.55. The molecule has 0 aromatic heterocycles. The van der Waals surface area contributed by atoms with Gasteiger partial charge >= 0.3 is 0 Å². The van der Waals surface area contributed by atoms with Gasteiger partial charge in [0.1, 0.15) is 0 Å². The molecule has 0 rings (SSSR count). The summed E-state index contributed by atoms with van der Waals surface area (Å²) in [4.78, 5) is 0. The molecule has 60 valence electrons. The molecule has 0 N–H and O–H groups in total. The van der Waals surface area contributed by atoms with Crippen LogP contribution in [-0.4, -0.2) is 4.43 Å². The first-order valence-electron chi connectivity index (χ1n) is 4.02. The second-order valence-corrected chi connectivity index (χ2v) is 3.67. The van der Waals surface area contributed by atoms with Gasteiger partial charge in [-0.25, -0.2) is 0 Å². The Balaban J connectivity index is 3.16. The minimum Gasteiger partial charge on any atom is -0.0864 e. The zero-order chi connectivity index (χ0) is 7.82. The van der Waals surface area contributed by atoms with Crippen molar-refractivity contribution in [1.82, 2.24) is 0 Å². The molecule has 0 heterocycles. The molecule has 0 amide bonds. The van der Waals surface area contributed by atoms with E-state index in [9.17, 15) is 0 Å². The average Bonchev–Trinajstić information content (AvgIpc) is 1.98. The van der Waals surface area contributed by atoms with Gasteiger partial charge in [0.05, 0.1) is 0 Å². The molecule has 0 saturated heterocycles. The number of unbranched alkanes of at least 4 members (excludes halogenated alkanes) is 2. The van der Waals surface area contributed by atoms with Crippen molar-refractivity contribution in [2.75, 3.05) is 4.43 Å². The third kappa shape index (κ3) is 6.59. The minimum atomic E-state index is 1.21. The van der Waals surface area contributed by atoms with E-state index >= 15 is 0 Å².